The molecule has 1 heterocycles. The molecule has 27 valence electrons. The topological polar surface area (TPSA) is 9.23 Å². The van der Waals surface area contributed by atoms with E-state index >= 15 is 0 Å². The fourth-order valence-electron chi connectivity index (χ4n) is 0.417. The molecule has 0 amide bonds. The minimum absolute atomic E-state index is 0.426. The molecule has 0 aromatic heterocycles. The lowest BCUT2D eigenvalue weighted by molar-refractivity contribution is 0.374. The predicted molar refractivity (Wildman–Crippen MR) is 21.1 cm³/mol. The van der Waals surface area contributed by atoms with Crippen molar-refractivity contribution >= 4 is 15.6 Å². The Morgan fingerprint density at radius 3 is 2.80 bits per heavy atom. The van der Waals surface area contributed by atoms with Crippen LogP contribution in [-0.4, -0.2) is 22.2 Å². The first-order valence-electron chi connectivity index (χ1n) is 1.93. The minimum Gasteiger partial charge on any atom is -0.507 e. The molecule has 0 aliphatic carbocycles. The van der Waals surface area contributed by atoms with Gasteiger partial charge >= 0.3 is 15.6 Å². The van der Waals surface area contributed by atoms with Crippen LogP contribution in [0, 0.1) is 0 Å². The fraction of sp³-hybridized carbons (Fsp3) is 1.00. The van der Waals surface area contributed by atoms with Crippen LogP contribution in [0.25, 0.3) is 0 Å². The average molecular weight is 85.1 g/mol. The second-order valence-corrected chi connectivity index (χ2v) is 2.42. The molecule has 1 radical (unpaired) electrons. The second kappa shape index (κ2) is 1.82. The Morgan fingerprint density at radius 1 is 1.60 bits per heavy atom. The molecule has 1 nitrogen and oxygen atoms in total. The van der Waals surface area contributed by atoms with Gasteiger partial charge in [0.05, 0.1) is 0 Å². The summed E-state index contributed by atoms with van der Waals surface area (Å²) in [5.41, 5.74) is 0. The van der Waals surface area contributed by atoms with Crippen LogP contribution < -0.4 is 0 Å². The van der Waals surface area contributed by atoms with Crippen molar-refractivity contribution in [3.63, 3.8) is 0 Å². The van der Waals surface area contributed by atoms with Crippen molar-refractivity contribution in [2.75, 3.05) is 6.61 Å². The van der Waals surface area contributed by atoms with Crippen LogP contribution in [0.5, 0.6) is 0 Å². The summed E-state index contributed by atoms with van der Waals surface area (Å²) in [6, 6.07) is 0. The number of hydrogen-bond donors (Lipinski definition) is 0. The molecule has 2 heteroatoms. The third-order valence-corrected chi connectivity index (χ3v) is 1.82. The smallest absolute Gasteiger partial charge is 0.423 e. The summed E-state index contributed by atoms with van der Waals surface area (Å²) in [4.78, 5) is 0. The molecule has 0 bridgehead atoms. The van der Waals surface area contributed by atoms with Crippen molar-refractivity contribution in [3.05, 3.63) is 0 Å². The van der Waals surface area contributed by atoms with Gasteiger partial charge < -0.3 is 3.79 Å². The highest BCUT2D eigenvalue weighted by atomic mass is 27.1. The lowest BCUT2D eigenvalue weighted by atomic mass is 10.5. The molecular formula is C3H6AlO. The Morgan fingerprint density at radius 2 is 2.60 bits per heavy atom. The molecule has 1 saturated heterocycles. The molecule has 0 saturated carbocycles. The molecule has 5 heavy (non-hydrogen) atoms. The van der Waals surface area contributed by atoms with Gasteiger partial charge in [-0.1, -0.05) is 5.28 Å². The van der Waals surface area contributed by atoms with Crippen molar-refractivity contribution in [3.8, 4) is 0 Å². The first kappa shape index (κ1) is 3.67. The lowest BCUT2D eigenvalue weighted by Gasteiger charge is -1.78. The zero-order valence-electron chi connectivity index (χ0n) is 3.11. The van der Waals surface area contributed by atoms with E-state index < -0.39 is 0 Å². The van der Waals surface area contributed by atoms with E-state index in [9.17, 15) is 0 Å². The van der Waals surface area contributed by atoms with Crippen molar-refractivity contribution in [2.45, 2.75) is 11.7 Å². The predicted octanol–water partition coefficient (Wildman–Crippen LogP) is 0.444. The molecule has 1 fully saturated rings. The van der Waals surface area contributed by atoms with E-state index in [4.69, 9.17) is 3.79 Å². The zero-order valence-corrected chi connectivity index (χ0v) is 4.26. The second-order valence-electron chi connectivity index (χ2n) is 1.18. The van der Waals surface area contributed by atoms with Crippen LogP contribution in [0.2, 0.25) is 5.28 Å². The molecule has 1 rings (SSSR count). The monoisotopic (exact) mass is 85.0 g/mol. The summed E-state index contributed by atoms with van der Waals surface area (Å²) in [5, 5.41) is 1.36. The van der Waals surface area contributed by atoms with Crippen LogP contribution in [0.1, 0.15) is 6.42 Å². The van der Waals surface area contributed by atoms with Gasteiger partial charge in [-0.2, -0.15) is 0 Å². The van der Waals surface area contributed by atoms with Gasteiger partial charge in [0.2, 0.25) is 0 Å². The molecule has 1 aliphatic heterocycles. The highest BCUT2D eigenvalue weighted by molar-refractivity contribution is 6.27. The average Bonchev–Trinajstić information content (AvgIpc) is 1.76. The standard InChI is InChI=1S/C3H6O.Al/c1-2-3-4;/h1-3H2;/q-1;+1. The summed E-state index contributed by atoms with van der Waals surface area (Å²) in [6.07, 6.45) is 1.31. The van der Waals surface area contributed by atoms with E-state index in [2.05, 4.69) is 0 Å². The molecule has 0 atom stereocenters. The van der Waals surface area contributed by atoms with Crippen LogP contribution >= 0.6 is 0 Å². The minimum atomic E-state index is 0.426. The van der Waals surface area contributed by atoms with E-state index in [1.807, 2.05) is 0 Å². The molecule has 0 spiro atoms. The molecule has 0 unspecified atom stereocenters. The number of rotatable bonds is 0. The van der Waals surface area contributed by atoms with E-state index in [0.29, 0.717) is 15.6 Å². The van der Waals surface area contributed by atoms with Gasteiger partial charge in [0.25, 0.3) is 0 Å². The zero-order chi connectivity index (χ0) is 3.54. The molecule has 0 aromatic carbocycles. The summed E-state index contributed by atoms with van der Waals surface area (Å²) >= 11 is 0.426. The maximum Gasteiger partial charge on any atom is 0.423 e. The third kappa shape index (κ3) is 0.925. The van der Waals surface area contributed by atoms with Gasteiger partial charge in [-0.05, 0) is 6.42 Å². The van der Waals surface area contributed by atoms with Crippen LogP contribution in [0.15, 0.2) is 0 Å². The Kier molecular flexibility index (Phi) is 1.33. The molecule has 0 aromatic rings. The van der Waals surface area contributed by atoms with Gasteiger partial charge in [-0.3, -0.25) is 0 Å². The van der Waals surface area contributed by atoms with E-state index in [0.717, 1.165) is 6.61 Å². The van der Waals surface area contributed by atoms with E-state index in [-0.39, 0.29) is 0 Å². The van der Waals surface area contributed by atoms with Gasteiger partial charge in [0.1, 0.15) is 0 Å². The van der Waals surface area contributed by atoms with Crippen molar-refractivity contribution in [1.82, 2.24) is 0 Å². The molecule has 1 aliphatic rings. The highest BCUT2D eigenvalue weighted by Crippen LogP contribution is 1.97. The first-order chi connectivity index (χ1) is 2.50. The third-order valence-electron chi connectivity index (χ3n) is 0.702. The van der Waals surface area contributed by atoms with Gasteiger partial charge in [0, 0.05) is 6.61 Å². The lowest BCUT2D eigenvalue weighted by Crippen LogP contribution is -1.80. The van der Waals surface area contributed by atoms with Crippen molar-refractivity contribution in [1.29, 1.82) is 0 Å². The SMILES string of the molecule is C1C[O][Al][CH2]1. The summed E-state index contributed by atoms with van der Waals surface area (Å²) in [5.74, 6) is 0. The Labute approximate surface area is 38.4 Å². The van der Waals surface area contributed by atoms with Crippen molar-refractivity contribution < 1.29 is 3.79 Å². The van der Waals surface area contributed by atoms with Crippen LogP contribution in [0.4, 0.5) is 0 Å². The van der Waals surface area contributed by atoms with Gasteiger partial charge in [-0.15, -0.1) is 0 Å². The normalized spacial score (nSPS) is 22.4. The summed E-state index contributed by atoms with van der Waals surface area (Å²) in [7, 11) is 0. The first-order valence-corrected chi connectivity index (χ1v) is 3.22. The van der Waals surface area contributed by atoms with Gasteiger partial charge in [-0.25, -0.2) is 0 Å². The fourth-order valence-corrected chi connectivity index (χ4v) is 1.25. The van der Waals surface area contributed by atoms with Crippen molar-refractivity contribution in [2.24, 2.45) is 0 Å². The molecule has 0 N–H and O–H groups in total. The summed E-state index contributed by atoms with van der Waals surface area (Å²) < 4.78 is 5.03. The molecular weight excluding hydrogens is 79.0 g/mol. The maximum absolute atomic E-state index is 5.03. The largest absolute Gasteiger partial charge is 0.507 e. The Hall–Kier alpha value is 0.492. The Balaban J connectivity index is 2.08. The van der Waals surface area contributed by atoms with E-state index in [1.165, 1.54) is 11.7 Å². The van der Waals surface area contributed by atoms with Gasteiger partial charge in [0.15, 0.2) is 0 Å². The quantitative estimate of drug-likeness (QED) is 0.388. The van der Waals surface area contributed by atoms with Crippen LogP contribution in [-0.2, 0) is 3.79 Å². The highest BCUT2D eigenvalue weighted by Gasteiger charge is 2.00. The van der Waals surface area contributed by atoms with E-state index in [1.54, 1.807) is 0 Å². The maximum atomic E-state index is 5.03. The summed E-state index contributed by atoms with van der Waals surface area (Å²) in [6.45, 7) is 1.04. The number of hydrogen-bond acceptors (Lipinski definition) is 1. The Bertz CT molecular complexity index is 18.5. The van der Waals surface area contributed by atoms with Crippen LogP contribution in [0.3, 0.4) is 0 Å².